The van der Waals surface area contributed by atoms with Crippen LogP contribution in [0.5, 0.6) is 0 Å². The first-order valence-electron chi connectivity index (χ1n) is 6.51. The summed E-state index contributed by atoms with van der Waals surface area (Å²) in [6.45, 7) is 6.98. The van der Waals surface area contributed by atoms with Gasteiger partial charge in [-0.3, -0.25) is 4.79 Å². The molecule has 0 spiro atoms. The number of hydrogen-bond acceptors (Lipinski definition) is 1. The van der Waals surface area contributed by atoms with E-state index in [0.29, 0.717) is 0 Å². The van der Waals surface area contributed by atoms with Crippen LogP contribution in [0.1, 0.15) is 31.1 Å². The molecule has 1 heterocycles. The largest absolute Gasteiger partial charge is 0.347 e. The summed E-state index contributed by atoms with van der Waals surface area (Å²) in [5.74, 6) is 0.0783. The molecule has 0 fully saturated rings. The number of rotatable bonds is 3. The Labute approximate surface area is 122 Å². The second kappa shape index (κ2) is 5.37. The molecule has 0 unspecified atom stereocenters. The standard InChI is InChI=1S/C15H19BrN2O/c1-5-18-9-13(15(19)17(4)10(2)3)12-7-6-11(16)8-14(12)18/h6-10H,5H2,1-4H3. The molecule has 0 N–H and O–H groups in total. The van der Waals surface area contributed by atoms with E-state index in [1.165, 1.54) is 0 Å². The molecule has 2 rings (SSSR count). The van der Waals surface area contributed by atoms with E-state index in [2.05, 4.69) is 33.5 Å². The number of amides is 1. The van der Waals surface area contributed by atoms with Crippen LogP contribution >= 0.6 is 15.9 Å². The monoisotopic (exact) mass is 322 g/mol. The molecule has 0 bridgehead atoms. The van der Waals surface area contributed by atoms with E-state index in [1.807, 2.05) is 39.2 Å². The van der Waals surface area contributed by atoms with Crippen molar-refractivity contribution < 1.29 is 4.79 Å². The van der Waals surface area contributed by atoms with Crippen LogP contribution in [0.2, 0.25) is 0 Å². The maximum Gasteiger partial charge on any atom is 0.256 e. The Morgan fingerprint density at radius 1 is 1.42 bits per heavy atom. The van der Waals surface area contributed by atoms with Crippen molar-refractivity contribution in [3.63, 3.8) is 0 Å². The molecule has 4 heteroatoms. The fourth-order valence-corrected chi connectivity index (χ4v) is 2.47. The van der Waals surface area contributed by atoms with Gasteiger partial charge in [0.1, 0.15) is 0 Å². The minimum Gasteiger partial charge on any atom is -0.347 e. The maximum atomic E-state index is 12.5. The highest BCUT2D eigenvalue weighted by atomic mass is 79.9. The second-order valence-electron chi connectivity index (χ2n) is 5.00. The molecule has 0 aliphatic rings. The van der Waals surface area contributed by atoms with Gasteiger partial charge in [0.05, 0.1) is 5.56 Å². The quantitative estimate of drug-likeness (QED) is 0.841. The van der Waals surface area contributed by atoms with Gasteiger partial charge < -0.3 is 9.47 Å². The number of fused-ring (bicyclic) bond motifs is 1. The molecule has 1 aromatic carbocycles. The Morgan fingerprint density at radius 3 is 2.68 bits per heavy atom. The predicted octanol–water partition coefficient (Wildman–Crippen LogP) is 3.90. The highest BCUT2D eigenvalue weighted by Crippen LogP contribution is 2.26. The van der Waals surface area contributed by atoms with Gasteiger partial charge in [-0.05, 0) is 32.9 Å². The van der Waals surface area contributed by atoms with Crippen molar-refractivity contribution in [3.05, 3.63) is 34.4 Å². The predicted molar refractivity (Wildman–Crippen MR) is 82.5 cm³/mol. The number of halogens is 1. The lowest BCUT2D eigenvalue weighted by atomic mass is 10.1. The normalized spacial score (nSPS) is 11.3. The molecule has 1 amide bonds. The van der Waals surface area contributed by atoms with Crippen molar-refractivity contribution in [1.82, 2.24) is 9.47 Å². The average Bonchev–Trinajstić information content (AvgIpc) is 2.74. The zero-order valence-electron chi connectivity index (χ0n) is 11.8. The van der Waals surface area contributed by atoms with Crippen LogP contribution in [0.3, 0.4) is 0 Å². The van der Waals surface area contributed by atoms with E-state index in [9.17, 15) is 4.79 Å². The van der Waals surface area contributed by atoms with Gasteiger partial charge in [-0.1, -0.05) is 22.0 Å². The number of carbonyl (C=O) groups is 1. The second-order valence-corrected chi connectivity index (χ2v) is 5.92. The molecule has 0 atom stereocenters. The molecule has 0 aliphatic carbocycles. The smallest absolute Gasteiger partial charge is 0.256 e. The number of hydrogen-bond donors (Lipinski definition) is 0. The first-order chi connectivity index (χ1) is 8.95. The SMILES string of the molecule is CCn1cc(C(=O)N(C)C(C)C)c2ccc(Br)cc21. The minimum atomic E-state index is 0.0783. The first-order valence-corrected chi connectivity index (χ1v) is 7.30. The molecule has 19 heavy (non-hydrogen) atoms. The molecule has 0 radical (unpaired) electrons. The molecule has 0 saturated carbocycles. The van der Waals surface area contributed by atoms with Gasteiger partial charge in [-0.2, -0.15) is 0 Å². The number of aromatic nitrogens is 1. The summed E-state index contributed by atoms with van der Waals surface area (Å²) in [5.41, 5.74) is 1.87. The lowest BCUT2D eigenvalue weighted by Crippen LogP contribution is -2.32. The molecule has 0 aliphatic heterocycles. The van der Waals surface area contributed by atoms with Crippen molar-refractivity contribution in [3.8, 4) is 0 Å². The van der Waals surface area contributed by atoms with E-state index < -0.39 is 0 Å². The summed E-state index contributed by atoms with van der Waals surface area (Å²) >= 11 is 3.49. The number of benzene rings is 1. The summed E-state index contributed by atoms with van der Waals surface area (Å²) in [6.07, 6.45) is 1.96. The van der Waals surface area contributed by atoms with Crippen molar-refractivity contribution in [2.75, 3.05) is 7.05 Å². The summed E-state index contributed by atoms with van der Waals surface area (Å²) in [7, 11) is 1.85. The molecule has 3 nitrogen and oxygen atoms in total. The molecular weight excluding hydrogens is 304 g/mol. The number of carbonyl (C=O) groups excluding carboxylic acids is 1. The first kappa shape index (κ1) is 14.1. The van der Waals surface area contributed by atoms with E-state index in [1.54, 1.807) is 4.90 Å². The Hall–Kier alpha value is -1.29. The van der Waals surface area contributed by atoms with Crippen LogP contribution in [-0.2, 0) is 6.54 Å². The Balaban J connectivity index is 2.58. The van der Waals surface area contributed by atoms with Crippen LogP contribution in [0.25, 0.3) is 10.9 Å². The average molecular weight is 323 g/mol. The summed E-state index contributed by atoms with van der Waals surface area (Å²) in [5, 5.41) is 1.02. The van der Waals surface area contributed by atoms with E-state index in [0.717, 1.165) is 27.5 Å². The van der Waals surface area contributed by atoms with E-state index >= 15 is 0 Å². The summed E-state index contributed by atoms with van der Waals surface area (Å²) in [4.78, 5) is 14.3. The van der Waals surface area contributed by atoms with Crippen LogP contribution in [0.4, 0.5) is 0 Å². The number of nitrogens with zero attached hydrogens (tertiary/aromatic N) is 2. The molecule has 2 aromatic rings. The van der Waals surface area contributed by atoms with Gasteiger partial charge in [0.25, 0.3) is 5.91 Å². The van der Waals surface area contributed by atoms with Gasteiger partial charge in [0, 0.05) is 41.2 Å². The third kappa shape index (κ3) is 2.54. The highest BCUT2D eigenvalue weighted by Gasteiger charge is 2.19. The zero-order chi connectivity index (χ0) is 14.2. The van der Waals surface area contributed by atoms with Crippen LogP contribution in [-0.4, -0.2) is 28.5 Å². The van der Waals surface area contributed by atoms with E-state index in [-0.39, 0.29) is 11.9 Å². The number of aryl methyl sites for hydroxylation is 1. The summed E-state index contributed by atoms with van der Waals surface area (Å²) < 4.78 is 3.14. The third-order valence-corrected chi connectivity index (χ3v) is 4.00. The topological polar surface area (TPSA) is 25.2 Å². The lowest BCUT2D eigenvalue weighted by molar-refractivity contribution is 0.0756. The van der Waals surface area contributed by atoms with Crippen molar-refractivity contribution in [1.29, 1.82) is 0 Å². The molecule has 0 saturated heterocycles. The zero-order valence-corrected chi connectivity index (χ0v) is 13.4. The Morgan fingerprint density at radius 2 is 2.11 bits per heavy atom. The van der Waals surface area contributed by atoms with E-state index in [4.69, 9.17) is 0 Å². The van der Waals surface area contributed by atoms with Crippen LogP contribution in [0, 0.1) is 0 Å². The lowest BCUT2D eigenvalue weighted by Gasteiger charge is -2.21. The molecule has 1 aromatic heterocycles. The fourth-order valence-electron chi connectivity index (χ4n) is 2.12. The van der Waals surface area contributed by atoms with Crippen molar-refractivity contribution in [2.45, 2.75) is 33.4 Å². The Bertz CT molecular complexity index is 616. The van der Waals surface area contributed by atoms with Gasteiger partial charge in [0.15, 0.2) is 0 Å². The Kier molecular flexibility index (Phi) is 3.99. The van der Waals surface area contributed by atoms with Gasteiger partial charge in [-0.25, -0.2) is 0 Å². The van der Waals surface area contributed by atoms with Crippen molar-refractivity contribution in [2.24, 2.45) is 0 Å². The molecular formula is C15H19BrN2O. The minimum absolute atomic E-state index is 0.0783. The van der Waals surface area contributed by atoms with Gasteiger partial charge in [0.2, 0.25) is 0 Å². The van der Waals surface area contributed by atoms with Crippen LogP contribution < -0.4 is 0 Å². The summed E-state index contributed by atoms with van der Waals surface area (Å²) in [6, 6.07) is 6.25. The van der Waals surface area contributed by atoms with Crippen LogP contribution in [0.15, 0.2) is 28.9 Å². The highest BCUT2D eigenvalue weighted by molar-refractivity contribution is 9.10. The third-order valence-electron chi connectivity index (χ3n) is 3.51. The maximum absolute atomic E-state index is 12.5. The van der Waals surface area contributed by atoms with Gasteiger partial charge >= 0.3 is 0 Å². The fraction of sp³-hybridized carbons (Fsp3) is 0.400. The van der Waals surface area contributed by atoms with Crippen molar-refractivity contribution >= 4 is 32.7 Å². The molecule has 102 valence electrons. The van der Waals surface area contributed by atoms with Gasteiger partial charge in [-0.15, -0.1) is 0 Å².